The molecule has 0 saturated carbocycles. The molecule has 2 aliphatic rings. The van der Waals surface area contributed by atoms with Crippen LogP contribution in [0.4, 0.5) is 5.69 Å². The molecule has 0 radical (unpaired) electrons. The molecule has 3 nitrogen and oxygen atoms in total. The summed E-state index contributed by atoms with van der Waals surface area (Å²) in [5.74, 6) is 0. The minimum absolute atomic E-state index is 0.696. The van der Waals surface area contributed by atoms with Gasteiger partial charge in [0.25, 0.3) is 0 Å². The van der Waals surface area contributed by atoms with Crippen LogP contribution in [0.5, 0.6) is 0 Å². The van der Waals surface area contributed by atoms with E-state index in [9.17, 15) is 0 Å². The molecule has 3 rings (SSSR count). The van der Waals surface area contributed by atoms with Gasteiger partial charge in [-0.05, 0) is 18.6 Å². The molecule has 0 spiro atoms. The van der Waals surface area contributed by atoms with Crippen LogP contribution in [0.25, 0.3) is 0 Å². The van der Waals surface area contributed by atoms with E-state index < -0.39 is 0 Å². The van der Waals surface area contributed by atoms with E-state index in [1.54, 1.807) is 0 Å². The number of nitrogens with zero attached hydrogens (tertiary/aromatic N) is 3. The standard InChI is InChI=1S/C10H14N3P/c14-13-7-9-4-10(13)6-12(9)8-2-1-3-11-5-8/h1-3,5,9-10H,4,6-7,14H2. The Bertz CT molecular complexity index is 327. The maximum Gasteiger partial charge on any atom is 0.0556 e. The lowest BCUT2D eigenvalue weighted by molar-refractivity contribution is 0.410. The summed E-state index contributed by atoms with van der Waals surface area (Å²) in [6.07, 6.45) is 5.10. The van der Waals surface area contributed by atoms with E-state index in [-0.39, 0.29) is 0 Å². The maximum atomic E-state index is 4.17. The highest BCUT2D eigenvalue weighted by Gasteiger charge is 2.41. The minimum atomic E-state index is 0.696. The summed E-state index contributed by atoms with van der Waals surface area (Å²) in [5, 5.41) is 0. The number of hydrogen-bond donors (Lipinski definition) is 0. The fourth-order valence-electron chi connectivity index (χ4n) is 2.54. The number of pyridine rings is 1. The molecule has 0 aromatic carbocycles. The lowest BCUT2D eigenvalue weighted by atomic mass is 10.2. The van der Waals surface area contributed by atoms with Crippen LogP contribution in [0.3, 0.4) is 0 Å². The third kappa shape index (κ3) is 1.23. The zero-order valence-corrected chi connectivity index (χ0v) is 9.16. The van der Waals surface area contributed by atoms with Crippen molar-refractivity contribution in [2.45, 2.75) is 18.5 Å². The molecule has 3 atom stereocenters. The minimum Gasteiger partial charge on any atom is -0.364 e. The molecule has 1 aromatic rings. The van der Waals surface area contributed by atoms with E-state index in [0.29, 0.717) is 6.04 Å². The molecule has 0 N–H and O–H groups in total. The monoisotopic (exact) mass is 207 g/mol. The average molecular weight is 207 g/mol. The van der Waals surface area contributed by atoms with E-state index >= 15 is 0 Å². The van der Waals surface area contributed by atoms with Crippen LogP contribution in [0.2, 0.25) is 0 Å². The van der Waals surface area contributed by atoms with Gasteiger partial charge in [0.2, 0.25) is 0 Å². The van der Waals surface area contributed by atoms with Gasteiger partial charge in [0.15, 0.2) is 0 Å². The maximum absolute atomic E-state index is 4.17. The van der Waals surface area contributed by atoms with Gasteiger partial charge in [-0.1, -0.05) is 9.39 Å². The quantitative estimate of drug-likeness (QED) is 0.644. The van der Waals surface area contributed by atoms with Gasteiger partial charge in [0.05, 0.1) is 11.9 Å². The highest BCUT2D eigenvalue weighted by Crippen LogP contribution is 2.35. The molecule has 0 aliphatic carbocycles. The number of piperazine rings is 1. The summed E-state index contributed by atoms with van der Waals surface area (Å²) in [6, 6.07) is 5.59. The van der Waals surface area contributed by atoms with Crippen molar-refractivity contribution in [2.75, 3.05) is 18.0 Å². The molecule has 0 amide bonds. The van der Waals surface area contributed by atoms with Crippen molar-refractivity contribution in [1.29, 1.82) is 0 Å². The molecular formula is C10H14N3P. The summed E-state index contributed by atoms with van der Waals surface area (Å²) in [5.41, 5.74) is 1.28. The highest BCUT2D eigenvalue weighted by molar-refractivity contribution is 7.13. The van der Waals surface area contributed by atoms with Crippen LogP contribution < -0.4 is 4.90 Å². The van der Waals surface area contributed by atoms with E-state index in [1.165, 1.54) is 18.7 Å². The first kappa shape index (κ1) is 8.63. The third-order valence-corrected chi connectivity index (χ3v) is 3.89. The third-order valence-electron chi connectivity index (χ3n) is 3.26. The van der Waals surface area contributed by atoms with E-state index in [0.717, 1.165) is 12.6 Å². The van der Waals surface area contributed by atoms with Crippen molar-refractivity contribution in [3.63, 3.8) is 0 Å². The van der Waals surface area contributed by atoms with Crippen LogP contribution in [0.15, 0.2) is 24.5 Å². The smallest absolute Gasteiger partial charge is 0.0556 e. The average Bonchev–Trinajstić information content (AvgIpc) is 2.77. The molecule has 2 saturated heterocycles. The largest absolute Gasteiger partial charge is 0.364 e. The molecule has 3 unspecified atom stereocenters. The summed E-state index contributed by atoms with van der Waals surface area (Å²) in [4.78, 5) is 6.66. The number of fused-ring (bicyclic) bond motifs is 2. The van der Waals surface area contributed by atoms with Crippen molar-refractivity contribution in [1.82, 2.24) is 9.65 Å². The van der Waals surface area contributed by atoms with Crippen molar-refractivity contribution >= 4 is 15.1 Å². The Hall–Kier alpha value is -0.660. The predicted molar refractivity (Wildman–Crippen MR) is 60.2 cm³/mol. The van der Waals surface area contributed by atoms with Gasteiger partial charge in [-0.2, -0.15) is 0 Å². The lowest BCUT2D eigenvalue weighted by Crippen LogP contribution is -2.42. The summed E-state index contributed by atoms with van der Waals surface area (Å²) in [7, 11) is 2.83. The first-order valence-electron chi connectivity index (χ1n) is 5.02. The van der Waals surface area contributed by atoms with Gasteiger partial charge in [-0.15, -0.1) is 0 Å². The first-order valence-corrected chi connectivity index (χ1v) is 5.54. The molecule has 4 heteroatoms. The fourth-order valence-corrected chi connectivity index (χ4v) is 3.00. The Morgan fingerprint density at radius 3 is 2.86 bits per heavy atom. The summed E-state index contributed by atoms with van der Waals surface area (Å²) in [6.45, 7) is 2.32. The van der Waals surface area contributed by atoms with Crippen LogP contribution in [0.1, 0.15) is 6.42 Å². The van der Waals surface area contributed by atoms with E-state index in [2.05, 4.69) is 30.0 Å². The second-order valence-electron chi connectivity index (χ2n) is 4.10. The Balaban J connectivity index is 1.84. The normalized spacial score (nSPS) is 31.4. The number of aromatic nitrogens is 1. The zero-order valence-electron chi connectivity index (χ0n) is 8.00. The SMILES string of the molecule is PN1CC2CC1CN2c1cccnc1. The highest BCUT2D eigenvalue weighted by atomic mass is 31.0. The Kier molecular flexibility index (Phi) is 1.96. The van der Waals surface area contributed by atoms with Crippen molar-refractivity contribution < 1.29 is 0 Å². The van der Waals surface area contributed by atoms with Crippen molar-refractivity contribution in [3.05, 3.63) is 24.5 Å². The van der Waals surface area contributed by atoms with Gasteiger partial charge in [-0.25, -0.2) is 0 Å². The Labute approximate surface area is 86.4 Å². The molecule has 2 fully saturated rings. The molecule has 2 aliphatic heterocycles. The number of hydrogen-bond acceptors (Lipinski definition) is 3. The van der Waals surface area contributed by atoms with Gasteiger partial charge >= 0.3 is 0 Å². The molecule has 1 aromatic heterocycles. The van der Waals surface area contributed by atoms with Gasteiger partial charge in [-0.3, -0.25) is 9.65 Å². The number of anilines is 1. The topological polar surface area (TPSA) is 19.4 Å². The lowest BCUT2D eigenvalue weighted by Gasteiger charge is -2.33. The van der Waals surface area contributed by atoms with Crippen LogP contribution in [-0.4, -0.2) is 34.8 Å². The zero-order chi connectivity index (χ0) is 9.54. The van der Waals surface area contributed by atoms with Crippen LogP contribution >= 0.6 is 9.39 Å². The molecule has 74 valence electrons. The molecule has 2 bridgehead atoms. The van der Waals surface area contributed by atoms with E-state index in [4.69, 9.17) is 0 Å². The second kappa shape index (κ2) is 3.18. The predicted octanol–water partition coefficient (Wildman–Crippen LogP) is 1.13. The Morgan fingerprint density at radius 1 is 1.36 bits per heavy atom. The van der Waals surface area contributed by atoms with Crippen LogP contribution in [-0.2, 0) is 0 Å². The van der Waals surface area contributed by atoms with E-state index in [1.807, 2.05) is 18.5 Å². The molecular weight excluding hydrogens is 193 g/mol. The first-order chi connectivity index (χ1) is 6.84. The van der Waals surface area contributed by atoms with Gasteiger partial charge in [0, 0.05) is 31.4 Å². The molecule has 3 heterocycles. The van der Waals surface area contributed by atoms with Gasteiger partial charge < -0.3 is 4.90 Å². The summed E-state index contributed by atoms with van der Waals surface area (Å²) < 4.78 is 2.39. The van der Waals surface area contributed by atoms with Crippen molar-refractivity contribution in [2.24, 2.45) is 0 Å². The fraction of sp³-hybridized carbons (Fsp3) is 0.500. The molecule has 14 heavy (non-hydrogen) atoms. The van der Waals surface area contributed by atoms with Gasteiger partial charge in [0.1, 0.15) is 0 Å². The number of rotatable bonds is 1. The second-order valence-corrected chi connectivity index (χ2v) is 4.77. The van der Waals surface area contributed by atoms with Crippen LogP contribution in [0, 0.1) is 0 Å². The Morgan fingerprint density at radius 2 is 2.29 bits per heavy atom. The summed E-state index contributed by atoms with van der Waals surface area (Å²) >= 11 is 0. The van der Waals surface area contributed by atoms with Crippen molar-refractivity contribution in [3.8, 4) is 0 Å².